The van der Waals surface area contributed by atoms with Gasteiger partial charge in [-0.1, -0.05) is 6.92 Å². The number of rotatable bonds is 8. The highest BCUT2D eigenvalue weighted by molar-refractivity contribution is 14.0. The minimum atomic E-state index is 0. The first kappa shape index (κ1) is 20.8. The predicted molar refractivity (Wildman–Crippen MR) is 99.5 cm³/mol. The molecule has 7 heteroatoms. The summed E-state index contributed by atoms with van der Waals surface area (Å²) in [7, 11) is 0. The Labute approximate surface area is 149 Å². The molecule has 1 atom stereocenters. The molecular formula is C15H27IN4O2. The van der Waals surface area contributed by atoms with E-state index in [1.807, 2.05) is 32.9 Å². The number of halogens is 1. The van der Waals surface area contributed by atoms with Crippen molar-refractivity contribution in [2.75, 3.05) is 13.1 Å². The average molecular weight is 422 g/mol. The normalized spacial score (nSPS) is 12.2. The molecule has 1 amide bonds. The fraction of sp³-hybridized carbons (Fsp3) is 0.600. The van der Waals surface area contributed by atoms with Gasteiger partial charge in [-0.2, -0.15) is 0 Å². The van der Waals surface area contributed by atoms with Gasteiger partial charge in [0.15, 0.2) is 5.96 Å². The van der Waals surface area contributed by atoms with Crippen LogP contribution < -0.4 is 16.0 Å². The molecule has 1 aromatic rings. The van der Waals surface area contributed by atoms with Crippen molar-refractivity contribution in [3.63, 3.8) is 0 Å². The standard InChI is InChI=1S/C15H26N4O2.HI/c1-4-12(3)19-14(20)8-9-17-15(16-5-2)18-11-13-7-6-10-21-13;/h6-7,10,12H,4-5,8-9,11H2,1-3H3,(H,19,20)(H2,16,17,18);1H. The summed E-state index contributed by atoms with van der Waals surface area (Å²) in [4.78, 5) is 16.1. The lowest BCUT2D eigenvalue weighted by Gasteiger charge is -2.13. The first-order valence-electron chi connectivity index (χ1n) is 7.49. The van der Waals surface area contributed by atoms with Gasteiger partial charge in [-0.3, -0.25) is 4.79 Å². The summed E-state index contributed by atoms with van der Waals surface area (Å²) in [5, 5.41) is 9.21. The monoisotopic (exact) mass is 422 g/mol. The molecule has 1 unspecified atom stereocenters. The molecule has 0 aromatic carbocycles. The molecule has 1 rings (SSSR count). The highest BCUT2D eigenvalue weighted by Gasteiger charge is 2.05. The van der Waals surface area contributed by atoms with Gasteiger partial charge < -0.3 is 20.4 Å². The van der Waals surface area contributed by atoms with Gasteiger partial charge in [-0.15, -0.1) is 24.0 Å². The molecule has 0 saturated heterocycles. The van der Waals surface area contributed by atoms with Gasteiger partial charge in [-0.05, 0) is 32.4 Å². The molecule has 3 N–H and O–H groups in total. The van der Waals surface area contributed by atoms with Crippen LogP contribution in [0.5, 0.6) is 0 Å². The molecule has 0 bridgehead atoms. The Bertz CT molecular complexity index is 435. The zero-order valence-corrected chi connectivity index (χ0v) is 15.8. The van der Waals surface area contributed by atoms with E-state index in [-0.39, 0.29) is 35.9 Å². The third kappa shape index (κ3) is 8.91. The lowest BCUT2D eigenvalue weighted by atomic mass is 10.2. The number of nitrogens with zero attached hydrogens (tertiary/aromatic N) is 1. The topological polar surface area (TPSA) is 78.7 Å². The maximum Gasteiger partial charge on any atom is 0.221 e. The number of nitrogens with one attached hydrogen (secondary N) is 3. The van der Waals surface area contributed by atoms with Crippen LogP contribution in [0.15, 0.2) is 27.8 Å². The zero-order valence-electron chi connectivity index (χ0n) is 13.5. The van der Waals surface area contributed by atoms with Crippen molar-refractivity contribution in [1.82, 2.24) is 16.0 Å². The number of hydrogen-bond donors (Lipinski definition) is 3. The number of carbonyl (C=O) groups is 1. The number of hydrogen-bond acceptors (Lipinski definition) is 3. The molecule has 0 aliphatic rings. The Kier molecular flexibility index (Phi) is 11.6. The minimum absolute atomic E-state index is 0. The minimum Gasteiger partial charge on any atom is -0.467 e. The molecule has 0 saturated carbocycles. The molecule has 0 fully saturated rings. The van der Waals surface area contributed by atoms with Crippen molar-refractivity contribution in [2.24, 2.45) is 4.99 Å². The Morgan fingerprint density at radius 1 is 1.36 bits per heavy atom. The van der Waals surface area contributed by atoms with Crippen LogP contribution in [0, 0.1) is 0 Å². The summed E-state index contributed by atoms with van der Waals surface area (Å²) in [5.74, 6) is 1.55. The average Bonchev–Trinajstić information content (AvgIpc) is 2.97. The van der Waals surface area contributed by atoms with Crippen LogP contribution in [0.25, 0.3) is 0 Å². The van der Waals surface area contributed by atoms with E-state index >= 15 is 0 Å². The molecule has 1 heterocycles. The van der Waals surface area contributed by atoms with Gasteiger partial charge in [0.25, 0.3) is 0 Å². The number of amides is 1. The first-order valence-corrected chi connectivity index (χ1v) is 7.49. The lowest BCUT2D eigenvalue weighted by Crippen LogP contribution is -2.40. The smallest absolute Gasteiger partial charge is 0.221 e. The summed E-state index contributed by atoms with van der Waals surface area (Å²) in [6, 6.07) is 3.94. The maximum atomic E-state index is 11.7. The Morgan fingerprint density at radius 2 is 2.14 bits per heavy atom. The van der Waals surface area contributed by atoms with E-state index in [1.54, 1.807) is 6.26 Å². The van der Waals surface area contributed by atoms with E-state index in [0.717, 1.165) is 18.7 Å². The third-order valence-electron chi connectivity index (χ3n) is 2.98. The summed E-state index contributed by atoms with van der Waals surface area (Å²) in [5.41, 5.74) is 0. The molecule has 0 aliphatic carbocycles. The second-order valence-electron chi connectivity index (χ2n) is 4.83. The second kappa shape index (κ2) is 12.3. The third-order valence-corrected chi connectivity index (χ3v) is 2.98. The largest absolute Gasteiger partial charge is 0.467 e. The maximum absolute atomic E-state index is 11.7. The van der Waals surface area contributed by atoms with Crippen molar-refractivity contribution in [3.8, 4) is 0 Å². The van der Waals surface area contributed by atoms with Crippen LogP contribution in [0.2, 0.25) is 0 Å². The first-order chi connectivity index (χ1) is 10.2. The van der Waals surface area contributed by atoms with Gasteiger partial charge in [0, 0.05) is 25.6 Å². The van der Waals surface area contributed by atoms with Crippen molar-refractivity contribution >= 4 is 35.8 Å². The molecule has 0 spiro atoms. The summed E-state index contributed by atoms with van der Waals surface area (Å²) < 4.78 is 5.23. The summed E-state index contributed by atoms with van der Waals surface area (Å²) in [6.07, 6.45) is 2.99. The fourth-order valence-electron chi connectivity index (χ4n) is 1.64. The van der Waals surface area contributed by atoms with E-state index in [9.17, 15) is 4.79 Å². The lowest BCUT2D eigenvalue weighted by molar-refractivity contribution is -0.121. The van der Waals surface area contributed by atoms with Crippen LogP contribution in [-0.2, 0) is 11.3 Å². The fourth-order valence-corrected chi connectivity index (χ4v) is 1.64. The van der Waals surface area contributed by atoms with E-state index in [1.165, 1.54) is 0 Å². The van der Waals surface area contributed by atoms with Gasteiger partial charge >= 0.3 is 0 Å². The highest BCUT2D eigenvalue weighted by atomic mass is 127. The van der Waals surface area contributed by atoms with Crippen molar-refractivity contribution < 1.29 is 9.21 Å². The van der Waals surface area contributed by atoms with Crippen LogP contribution in [0.4, 0.5) is 0 Å². The van der Waals surface area contributed by atoms with Gasteiger partial charge in [0.05, 0.1) is 6.26 Å². The molecule has 22 heavy (non-hydrogen) atoms. The number of guanidine groups is 1. The number of furan rings is 1. The van der Waals surface area contributed by atoms with Gasteiger partial charge in [-0.25, -0.2) is 4.99 Å². The van der Waals surface area contributed by atoms with Gasteiger partial charge in [0.1, 0.15) is 12.3 Å². The van der Waals surface area contributed by atoms with Gasteiger partial charge in [0.2, 0.25) is 5.91 Å². The van der Waals surface area contributed by atoms with Crippen molar-refractivity contribution in [3.05, 3.63) is 24.2 Å². The quantitative estimate of drug-likeness (QED) is 0.341. The number of aliphatic imine (C=N–C) groups is 1. The van der Waals surface area contributed by atoms with Crippen LogP contribution in [0.3, 0.4) is 0 Å². The number of carbonyl (C=O) groups excluding carboxylic acids is 1. The van der Waals surface area contributed by atoms with E-state index < -0.39 is 0 Å². The molecule has 1 aromatic heterocycles. The van der Waals surface area contributed by atoms with E-state index in [0.29, 0.717) is 25.5 Å². The Balaban J connectivity index is 0.00000441. The van der Waals surface area contributed by atoms with E-state index in [4.69, 9.17) is 4.42 Å². The van der Waals surface area contributed by atoms with Crippen LogP contribution >= 0.6 is 24.0 Å². The zero-order chi connectivity index (χ0) is 15.5. The molecule has 0 aliphatic heterocycles. The predicted octanol–water partition coefficient (Wildman–Crippen LogP) is 2.26. The summed E-state index contributed by atoms with van der Waals surface area (Å²) in [6.45, 7) is 7.84. The Morgan fingerprint density at radius 3 is 2.73 bits per heavy atom. The van der Waals surface area contributed by atoms with Crippen LogP contribution in [0.1, 0.15) is 39.4 Å². The van der Waals surface area contributed by atoms with Crippen LogP contribution in [-0.4, -0.2) is 31.0 Å². The molecule has 0 radical (unpaired) electrons. The van der Waals surface area contributed by atoms with Crippen molar-refractivity contribution in [1.29, 1.82) is 0 Å². The van der Waals surface area contributed by atoms with E-state index in [2.05, 4.69) is 20.9 Å². The molecule has 6 nitrogen and oxygen atoms in total. The second-order valence-corrected chi connectivity index (χ2v) is 4.83. The molecule has 126 valence electrons. The molecular weight excluding hydrogens is 395 g/mol. The summed E-state index contributed by atoms with van der Waals surface area (Å²) >= 11 is 0. The highest BCUT2D eigenvalue weighted by Crippen LogP contribution is 2.01. The Hall–Kier alpha value is -1.25. The van der Waals surface area contributed by atoms with Crippen molar-refractivity contribution in [2.45, 2.75) is 46.2 Å². The SMILES string of the molecule is CCNC(=NCc1ccco1)NCCC(=O)NC(C)CC.I.